The number of hydrogen-bond donors (Lipinski definition) is 0. The first kappa shape index (κ1) is 26.8. The van der Waals surface area contributed by atoms with Crippen molar-refractivity contribution in [2.75, 3.05) is 13.1 Å². The zero-order valence-electron chi connectivity index (χ0n) is 19.1. The van der Waals surface area contributed by atoms with Crippen LogP contribution in [0.4, 0.5) is 22.0 Å². The molecule has 0 unspecified atom stereocenters. The molecule has 1 fully saturated rings. The Morgan fingerprint density at radius 1 is 1.19 bits per heavy atom. The van der Waals surface area contributed by atoms with Crippen molar-refractivity contribution in [1.82, 2.24) is 14.5 Å². The molecule has 1 saturated heterocycles. The molecule has 0 saturated carbocycles. The van der Waals surface area contributed by atoms with Crippen LogP contribution in [0, 0.1) is 23.5 Å². The van der Waals surface area contributed by atoms with Gasteiger partial charge in [0.25, 0.3) is 5.56 Å². The van der Waals surface area contributed by atoms with Crippen LogP contribution in [0.3, 0.4) is 0 Å². The van der Waals surface area contributed by atoms with Crippen LogP contribution in [-0.2, 0) is 23.9 Å². The minimum absolute atomic E-state index is 0.0549. The Morgan fingerprint density at radius 2 is 1.86 bits per heavy atom. The Morgan fingerprint density at radius 3 is 2.51 bits per heavy atom. The fraction of sp³-hybridized carbons (Fsp3) is 0.320. The maximum absolute atomic E-state index is 13.7. The molecule has 0 spiro atoms. The highest BCUT2D eigenvalue weighted by Crippen LogP contribution is 2.31. The number of piperidine rings is 1. The largest absolute Gasteiger partial charge is 0.417 e. The molecule has 0 bridgehead atoms. The lowest BCUT2D eigenvalue weighted by atomic mass is 9.97. The number of rotatable bonds is 4. The van der Waals surface area contributed by atoms with Crippen molar-refractivity contribution in [3.8, 4) is 11.8 Å². The fourth-order valence-corrected chi connectivity index (χ4v) is 5.10. The molecule has 2 aromatic heterocycles. The smallest absolute Gasteiger partial charge is 0.341 e. The second-order valence-electron chi connectivity index (χ2n) is 8.41. The molecule has 0 radical (unpaired) electrons. The number of carbonyl (C=O) groups is 1. The van der Waals surface area contributed by atoms with Gasteiger partial charge in [0.05, 0.1) is 10.6 Å². The molecular formula is C25H19ClF5N3O2S. The summed E-state index contributed by atoms with van der Waals surface area (Å²) in [6.45, 7) is 0.142. The van der Waals surface area contributed by atoms with Crippen LogP contribution in [0.15, 0.2) is 40.6 Å². The Labute approximate surface area is 217 Å². The highest BCUT2D eigenvalue weighted by atomic mass is 35.5. The van der Waals surface area contributed by atoms with Gasteiger partial charge in [-0.3, -0.25) is 9.59 Å². The number of hydrogen-bond acceptors (Lipinski definition) is 4. The summed E-state index contributed by atoms with van der Waals surface area (Å²) in [5.74, 6) is 3.81. The molecule has 3 aromatic rings. The van der Waals surface area contributed by atoms with Crippen molar-refractivity contribution in [2.24, 2.45) is 0 Å². The number of aromatic nitrogens is 2. The third-order valence-electron chi connectivity index (χ3n) is 5.94. The van der Waals surface area contributed by atoms with Gasteiger partial charge in [-0.15, -0.1) is 11.3 Å². The minimum Gasteiger partial charge on any atom is -0.341 e. The molecule has 0 N–H and O–H groups in total. The van der Waals surface area contributed by atoms with Gasteiger partial charge in [0.2, 0.25) is 5.91 Å². The van der Waals surface area contributed by atoms with Gasteiger partial charge in [0.1, 0.15) is 28.9 Å². The molecule has 1 aliphatic heterocycles. The lowest BCUT2D eigenvalue weighted by molar-refractivity contribution is -0.139. The molecule has 5 nitrogen and oxygen atoms in total. The van der Waals surface area contributed by atoms with Gasteiger partial charge in [0.15, 0.2) is 0 Å². The lowest BCUT2D eigenvalue weighted by Gasteiger charge is -2.31. The Balaban J connectivity index is 1.35. The third kappa shape index (κ3) is 6.37. The highest BCUT2D eigenvalue weighted by molar-refractivity contribution is 7.09. The molecular weight excluding hydrogens is 537 g/mol. The summed E-state index contributed by atoms with van der Waals surface area (Å²) in [7, 11) is 0. The summed E-state index contributed by atoms with van der Waals surface area (Å²) in [6, 6.07) is 4.17. The van der Waals surface area contributed by atoms with Crippen molar-refractivity contribution in [2.45, 2.75) is 37.9 Å². The molecule has 1 aliphatic rings. The molecule has 4 rings (SSSR count). The summed E-state index contributed by atoms with van der Waals surface area (Å²) >= 11 is 7.05. The molecule has 1 aromatic carbocycles. The van der Waals surface area contributed by atoms with E-state index in [4.69, 9.17) is 11.6 Å². The number of carbonyl (C=O) groups excluding carboxylic acids is 1. The summed E-state index contributed by atoms with van der Waals surface area (Å²) in [5, 5.41) is 1.96. The summed E-state index contributed by atoms with van der Waals surface area (Å²) in [4.78, 5) is 30.8. The third-order valence-corrected chi connectivity index (χ3v) is 7.22. The Bertz CT molecular complexity index is 1410. The quantitative estimate of drug-likeness (QED) is 0.326. The van der Waals surface area contributed by atoms with Gasteiger partial charge in [0, 0.05) is 42.6 Å². The minimum atomic E-state index is -4.70. The van der Waals surface area contributed by atoms with E-state index in [0.717, 1.165) is 5.01 Å². The van der Waals surface area contributed by atoms with E-state index in [1.54, 1.807) is 5.38 Å². The maximum Gasteiger partial charge on any atom is 0.417 e. The van der Waals surface area contributed by atoms with Crippen LogP contribution < -0.4 is 5.56 Å². The molecule has 0 aliphatic carbocycles. The molecule has 194 valence electrons. The van der Waals surface area contributed by atoms with E-state index < -0.39 is 46.4 Å². The molecule has 12 heteroatoms. The van der Waals surface area contributed by atoms with Gasteiger partial charge < -0.3 is 9.47 Å². The Kier molecular flexibility index (Phi) is 7.99. The summed E-state index contributed by atoms with van der Waals surface area (Å²) in [6.07, 6.45) is -3.05. The second kappa shape index (κ2) is 11.0. The van der Waals surface area contributed by atoms with E-state index in [-0.39, 0.29) is 17.9 Å². The number of thiazole rings is 1. The van der Waals surface area contributed by atoms with Crippen molar-refractivity contribution in [1.29, 1.82) is 0 Å². The average molecular weight is 556 g/mol. The fourth-order valence-electron chi connectivity index (χ4n) is 3.95. The molecule has 1 amide bonds. The molecule has 0 atom stereocenters. The predicted octanol–water partition coefficient (Wildman–Crippen LogP) is 5.26. The Hall–Kier alpha value is -3.23. The number of benzene rings is 1. The van der Waals surface area contributed by atoms with Crippen molar-refractivity contribution < 1.29 is 26.7 Å². The molecule has 3 heterocycles. The number of amides is 1. The summed E-state index contributed by atoms with van der Waals surface area (Å²) in [5.41, 5.74) is -1.59. The molecule has 37 heavy (non-hydrogen) atoms. The van der Waals surface area contributed by atoms with Crippen LogP contribution >= 0.6 is 22.9 Å². The SMILES string of the molecule is O=C(Cn1cc(C(F)(F)F)cc(Cl)c1=O)N1CCC(c2nc(C#CCc3c(F)cccc3F)cs2)CC1. The standard InChI is InChI=1S/C25H19ClF5N3O2S/c26-19-11-16(25(29,30)31)12-34(24(19)36)13-22(35)33-9-7-15(8-10-33)23-32-17(14-37-23)3-1-4-18-20(27)5-2-6-21(18)28/h2,5-6,11-12,14-15H,4,7-10,13H2. The maximum atomic E-state index is 13.7. The number of pyridine rings is 1. The van der Waals surface area contributed by atoms with Crippen LogP contribution in [0.1, 0.15) is 40.6 Å². The predicted molar refractivity (Wildman–Crippen MR) is 128 cm³/mol. The van der Waals surface area contributed by atoms with E-state index >= 15 is 0 Å². The zero-order valence-corrected chi connectivity index (χ0v) is 20.7. The van der Waals surface area contributed by atoms with E-state index in [2.05, 4.69) is 16.8 Å². The number of halogens is 6. The number of alkyl halides is 3. The number of nitrogens with zero attached hydrogens (tertiary/aromatic N) is 3. The van der Waals surface area contributed by atoms with Crippen LogP contribution in [-0.4, -0.2) is 33.4 Å². The van der Waals surface area contributed by atoms with E-state index in [1.807, 2.05) is 0 Å². The van der Waals surface area contributed by atoms with Crippen molar-refractivity contribution in [3.05, 3.63) is 84.7 Å². The lowest BCUT2D eigenvalue weighted by Crippen LogP contribution is -2.41. The second-order valence-corrected chi connectivity index (χ2v) is 9.71. The first-order valence-electron chi connectivity index (χ1n) is 11.1. The normalized spacial score (nSPS) is 14.4. The topological polar surface area (TPSA) is 55.2 Å². The van der Waals surface area contributed by atoms with Crippen molar-refractivity contribution >= 4 is 28.8 Å². The van der Waals surface area contributed by atoms with Gasteiger partial charge in [-0.2, -0.15) is 13.2 Å². The zero-order chi connectivity index (χ0) is 26.7. The average Bonchev–Trinajstić information content (AvgIpc) is 3.32. The van der Waals surface area contributed by atoms with Crippen LogP contribution in [0.5, 0.6) is 0 Å². The van der Waals surface area contributed by atoms with Crippen molar-refractivity contribution in [3.63, 3.8) is 0 Å². The van der Waals surface area contributed by atoms with Crippen LogP contribution in [0.25, 0.3) is 0 Å². The first-order valence-corrected chi connectivity index (χ1v) is 12.4. The van der Waals surface area contributed by atoms with E-state index in [1.165, 1.54) is 34.4 Å². The first-order chi connectivity index (χ1) is 17.5. The van der Waals surface area contributed by atoms with Gasteiger partial charge in [-0.1, -0.05) is 23.6 Å². The van der Waals surface area contributed by atoms with Gasteiger partial charge >= 0.3 is 6.18 Å². The van der Waals surface area contributed by atoms with E-state index in [0.29, 0.717) is 48.5 Å². The highest BCUT2D eigenvalue weighted by Gasteiger charge is 2.33. The van der Waals surface area contributed by atoms with E-state index in [9.17, 15) is 31.5 Å². The van der Waals surface area contributed by atoms with Crippen LogP contribution in [0.2, 0.25) is 5.02 Å². The summed E-state index contributed by atoms with van der Waals surface area (Å²) < 4.78 is 67.2. The monoisotopic (exact) mass is 555 g/mol. The van der Waals surface area contributed by atoms with Gasteiger partial charge in [-0.05, 0) is 37.0 Å². The van der Waals surface area contributed by atoms with Gasteiger partial charge in [-0.25, -0.2) is 13.8 Å². The number of likely N-dealkylation sites (tertiary alicyclic amines) is 1.